The van der Waals surface area contributed by atoms with Crippen molar-refractivity contribution in [2.45, 2.75) is 30.6 Å². The summed E-state index contributed by atoms with van der Waals surface area (Å²) in [6.07, 6.45) is 2.81. The summed E-state index contributed by atoms with van der Waals surface area (Å²) in [7, 11) is 0.470. The van der Waals surface area contributed by atoms with E-state index in [1.54, 1.807) is 24.5 Å². The van der Waals surface area contributed by atoms with Gasteiger partial charge >= 0.3 is 5.97 Å². The van der Waals surface area contributed by atoms with E-state index in [1.165, 1.54) is 7.11 Å². The van der Waals surface area contributed by atoms with E-state index < -0.39 is 22.2 Å². The van der Waals surface area contributed by atoms with Gasteiger partial charge in [0.15, 0.2) is 17.3 Å². The number of Topliss-reactive ketones (excluding diaryl/α,β-unsaturated/α-hetero) is 1. The van der Waals surface area contributed by atoms with Gasteiger partial charge in [-0.2, -0.15) is 0 Å². The third-order valence-corrected chi connectivity index (χ3v) is 7.41. The van der Waals surface area contributed by atoms with Gasteiger partial charge in [-0.15, -0.1) is 0 Å². The first-order valence-electron chi connectivity index (χ1n) is 11.4. The largest absolute Gasteiger partial charge is 0.493 e. The number of aliphatic carboxylic acids is 1. The van der Waals surface area contributed by atoms with E-state index in [2.05, 4.69) is 0 Å². The highest BCUT2D eigenvalue weighted by Gasteiger charge is 2.45. The van der Waals surface area contributed by atoms with Crippen LogP contribution in [0.2, 0.25) is 0 Å². The second-order valence-electron chi connectivity index (χ2n) is 8.87. The highest BCUT2D eigenvalue weighted by atomic mass is 32.2. The average Bonchev–Trinajstić information content (AvgIpc) is 3.23. The molecule has 0 bridgehead atoms. The number of hydrogen-bond donors (Lipinski definition) is 1. The fourth-order valence-electron chi connectivity index (χ4n) is 4.58. The van der Waals surface area contributed by atoms with Gasteiger partial charge < -0.3 is 14.6 Å². The maximum absolute atomic E-state index is 13.2. The molecule has 3 aromatic carbocycles. The van der Waals surface area contributed by atoms with Crippen LogP contribution >= 0.6 is 0 Å². The Bertz CT molecular complexity index is 1260. The van der Waals surface area contributed by atoms with E-state index in [0.29, 0.717) is 42.9 Å². The van der Waals surface area contributed by atoms with Crippen molar-refractivity contribution in [3.8, 4) is 11.5 Å². The Morgan fingerprint density at radius 3 is 2.31 bits per heavy atom. The zero-order valence-corrected chi connectivity index (χ0v) is 20.6. The molecular formula is C28H28O6S. The number of benzene rings is 3. The number of ether oxygens (including phenoxy) is 2. The minimum atomic E-state index is -1.15. The Balaban J connectivity index is 1.48. The number of rotatable bonds is 10. The number of ketones is 1. The highest BCUT2D eigenvalue weighted by molar-refractivity contribution is 7.84. The molecule has 0 saturated carbocycles. The zero-order chi connectivity index (χ0) is 25.0. The quantitative estimate of drug-likeness (QED) is 0.419. The molecule has 1 N–H and O–H groups in total. The summed E-state index contributed by atoms with van der Waals surface area (Å²) >= 11 is 0. The van der Waals surface area contributed by atoms with E-state index in [1.807, 2.05) is 48.5 Å². The van der Waals surface area contributed by atoms with Crippen LogP contribution in [0.3, 0.4) is 0 Å². The van der Waals surface area contributed by atoms with Crippen molar-refractivity contribution >= 4 is 22.6 Å². The van der Waals surface area contributed by atoms with Crippen molar-refractivity contribution in [2.75, 3.05) is 20.0 Å². The van der Waals surface area contributed by atoms with Crippen LogP contribution in [0.25, 0.3) is 0 Å². The molecule has 3 aromatic rings. The van der Waals surface area contributed by atoms with E-state index in [0.717, 1.165) is 21.6 Å². The van der Waals surface area contributed by atoms with Crippen molar-refractivity contribution in [1.29, 1.82) is 0 Å². The van der Waals surface area contributed by atoms with E-state index in [9.17, 15) is 18.9 Å². The molecule has 182 valence electrons. The number of carbonyl (C=O) groups is 2. The number of fused-ring (bicyclic) bond motifs is 1. The lowest BCUT2D eigenvalue weighted by molar-refractivity contribution is -0.148. The molecule has 0 fully saturated rings. The van der Waals surface area contributed by atoms with Gasteiger partial charge in [-0.3, -0.25) is 13.8 Å². The average molecular weight is 493 g/mol. The highest BCUT2D eigenvalue weighted by Crippen LogP contribution is 2.41. The molecule has 0 heterocycles. The Hall–Kier alpha value is -3.45. The molecule has 1 aliphatic rings. The molecule has 7 heteroatoms. The van der Waals surface area contributed by atoms with Gasteiger partial charge in [-0.1, -0.05) is 36.4 Å². The maximum Gasteiger partial charge on any atom is 0.310 e. The number of methoxy groups -OCH3 is 1. The molecule has 35 heavy (non-hydrogen) atoms. The predicted molar refractivity (Wildman–Crippen MR) is 134 cm³/mol. The summed E-state index contributed by atoms with van der Waals surface area (Å²) in [5.74, 6) is -0.285. The fraction of sp³-hybridized carbons (Fsp3) is 0.286. The van der Waals surface area contributed by atoms with Crippen molar-refractivity contribution < 1.29 is 28.4 Å². The van der Waals surface area contributed by atoms with E-state index in [-0.39, 0.29) is 12.2 Å². The smallest absolute Gasteiger partial charge is 0.310 e. The zero-order valence-electron chi connectivity index (χ0n) is 19.8. The van der Waals surface area contributed by atoms with Crippen LogP contribution in [0.15, 0.2) is 71.6 Å². The molecule has 0 amide bonds. The molecule has 1 atom stereocenters. The van der Waals surface area contributed by atoms with Crippen LogP contribution in [0.1, 0.15) is 33.5 Å². The minimum Gasteiger partial charge on any atom is -0.493 e. The lowest BCUT2D eigenvalue weighted by Crippen LogP contribution is -2.34. The molecular weight excluding hydrogens is 464 g/mol. The normalized spacial score (nSPS) is 14.7. The van der Waals surface area contributed by atoms with Gasteiger partial charge in [0.2, 0.25) is 0 Å². The van der Waals surface area contributed by atoms with E-state index in [4.69, 9.17) is 9.47 Å². The topological polar surface area (TPSA) is 89.9 Å². The summed E-state index contributed by atoms with van der Waals surface area (Å²) in [4.78, 5) is 26.2. The molecule has 0 aliphatic heterocycles. The van der Waals surface area contributed by atoms with Crippen molar-refractivity contribution in [3.05, 3.63) is 89.0 Å². The molecule has 1 aliphatic carbocycles. The van der Waals surface area contributed by atoms with Crippen LogP contribution in [-0.2, 0) is 34.9 Å². The standard InChI is InChI=1S/C28H28O6S/c1-33-25-11-10-20(15-26(25)34-13-12-19-6-5-9-23(14-19)35(2)32)24(29)18-28(27(30)31)16-21-7-3-4-8-22(21)17-28/h3-11,14-15H,12-13,16-18H2,1-2H3,(H,30,31). The van der Waals surface area contributed by atoms with Gasteiger partial charge in [0.1, 0.15) is 0 Å². The molecule has 0 aromatic heterocycles. The number of carboxylic acid groups (broad SMARTS) is 1. The van der Waals surface area contributed by atoms with Crippen LogP contribution in [0, 0.1) is 5.41 Å². The van der Waals surface area contributed by atoms with Crippen molar-refractivity contribution in [3.63, 3.8) is 0 Å². The Labute approximate surface area is 207 Å². The maximum atomic E-state index is 13.2. The number of carbonyl (C=O) groups excluding carboxylic acids is 1. The first kappa shape index (κ1) is 24.7. The Morgan fingerprint density at radius 1 is 0.971 bits per heavy atom. The van der Waals surface area contributed by atoms with Crippen molar-refractivity contribution in [2.24, 2.45) is 5.41 Å². The third kappa shape index (κ3) is 5.46. The first-order chi connectivity index (χ1) is 16.8. The van der Waals surface area contributed by atoms with Gasteiger partial charge in [-0.05, 0) is 59.9 Å². The lowest BCUT2D eigenvalue weighted by atomic mass is 9.79. The van der Waals surface area contributed by atoms with Crippen LogP contribution < -0.4 is 9.47 Å². The second kappa shape index (κ2) is 10.4. The predicted octanol–water partition coefficient (Wildman–Crippen LogP) is 4.50. The van der Waals surface area contributed by atoms with Crippen LogP contribution in [0.4, 0.5) is 0 Å². The van der Waals surface area contributed by atoms with E-state index >= 15 is 0 Å². The monoisotopic (exact) mass is 492 g/mol. The summed E-state index contributed by atoms with van der Waals surface area (Å²) in [6, 6.07) is 20.1. The summed E-state index contributed by atoms with van der Waals surface area (Å²) in [5.41, 5.74) is 2.20. The van der Waals surface area contributed by atoms with Gasteiger partial charge in [0.25, 0.3) is 0 Å². The summed E-state index contributed by atoms with van der Waals surface area (Å²) in [5, 5.41) is 10.0. The number of hydrogen-bond acceptors (Lipinski definition) is 5. The molecule has 0 radical (unpaired) electrons. The molecule has 4 rings (SSSR count). The molecule has 6 nitrogen and oxygen atoms in total. The summed E-state index contributed by atoms with van der Waals surface area (Å²) in [6.45, 7) is 0.335. The number of carboxylic acids is 1. The second-order valence-corrected chi connectivity index (χ2v) is 10.3. The summed E-state index contributed by atoms with van der Waals surface area (Å²) < 4.78 is 23.1. The third-order valence-electron chi connectivity index (χ3n) is 6.49. The molecule has 0 saturated heterocycles. The Kier molecular flexibility index (Phi) is 7.36. The van der Waals surface area contributed by atoms with Gasteiger partial charge in [0.05, 0.1) is 19.1 Å². The van der Waals surface area contributed by atoms with Crippen molar-refractivity contribution in [1.82, 2.24) is 0 Å². The van der Waals surface area contributed by atoms with Gasteiger partial charge in [-0.25, -0.2) is 0 Å². The van der Waals surface area contributed by atoms with Crippen LogP contribution in [0.5, 0.6) is 11.5 Å². The Morgan fingerprint density at radius 2 is 1.69 bits per heavy atom. The first-order valence-corrected chi connectivity index (χ1v) is 12.9. The fourth-order valence-corrected chi connectivity index (χ4v) is 5.16. The van der Waals surface area contributed by atoms with Crippen LogP contribution in [-0.4, -0.2) is 41.0 Å². The molecule has 1 unspecified atom stereocenters. The SMILES string of the molecule is COc1ccc(C(=O)CC2(C(=O)O)Cc3ccccc3C2)cc1OCCc1cccc(S(C)=O)c1. The minimum absolute atomic E-state index is 0.0935. The van der Waals surface area contributed by atoms with Gasteiger partial charge in [0, 0.05) is 40.4 Å². The molecule has 0 spiro atoms. The lowest BCUT2D eigenvalue weighted by Gasteiger charge is -2.23.